The van der Waals surface area contributed by atoms with Crippen LogP contribution in [0.1, 0.15) is 20.7 Å². The summed E-state index contributed by atoms with van der Waals surface area (Å²) >= 11 is 0. The Kier molecular flexibility index (Phi) is 5.10. The van der Waals surface area contributed by atoms with Gasteiger partial charge in [0, 0.05) is 17.7 Å². The highest BCUT2D eigenvalue weighted by Crippen LogP contribution is 2.38. The molecule has 0 aliphatic rings. The Labute approximate surface area is 136 Å². The maximum atomic E-state index is 12.3. The van der Waals surface area contributed by atoms with Crippen LogP contribution < -0.4 is 14.2 Å². The summed E-state index contributed by atoms with van der Waals surface area (Å²) in [5.41, 5.74) is 0.0336. The van der Waals surface area contributed by atoms with Gasteiger partial charge >= 0.3 is 5.97 Å². The Bertz CT molecular complexity index is 776. The number of ether oxygens (including phenoxy) is 3. The molecule has 0 aliphatic carbocycles. The number of rotatable bonds is 6. The van der Waals surface area contributed by atoms with E-state index in [1.807, 2.05) is 0 Å². The fraction of sp³-hybridized carbons (Fsp3) is 0.125. The third-order valence-corrected chi connectivity index (χ3v) is 3.11. The van der Waals surface area contributed by atoms with Gasteiger partial charge in [0.15, 0.2) is 11.5 Å². The second-order valence-electron chi connectivity index (χ2n) is 4.57. The molecule has 0 aliphatic heterocycles. The van der Waals surface area contributed by atoms with E-state index in [4.69, 9.17) is 14.2 Å². The molecule has 2 aromatic rings. The van der Waals surface area contributed by atoms with Crippen LogP contribution in [-0.2, 0) is 0 Å². The predicted octanol–water partition coefficient (Wildman–Crippen LogP) is 2.64. The maximum Gasteiger partial charge on any atom is 0.344 e. The number of nitro groups is 1. The zero-order valence-electron chi connectivity index (χ0n) is 12.8. The SMILES string of the molecule is COc1cc(C=O)cc(OC)c1OC(=O)c1cccc([N+](=O)[O-])c1. The normalized spacial score (nSPS) is 9.92. The zero-order valence-corrected chi connectivity index (χ0v) is 12.8. The average Bonchev–Trinajstić information content (AvgIpc) is 2.61. The molecule has 0 unspecified atom stereocenters. The van der Waals surface area contributed by atoms with Gasteiger partial charge in [-0.15, -0.1) is 0 Å². The molecule has 0 spiro atoms. The van der Waals surface area contributed by atoms with Crippen molar-refractivity contribution in [2.45, 2.75) is 0 Å². The molecule has 0 heterocycles. The van der Waals surface area contributed by atoms with E-state index in [2.05, 4.69) is 0 Å². The molecule has 0 atom stereocenters. The predicted molar refractivity (Wildman–Crippen MR) is 83.0 cm³/mol. The molecule has 24 heavy (non-hydrogen) atoms. The van der Waals surface area contributed by atoms with Gasteiger partial charge in [0.2, 0.25) is 5.75 Å². The molecular weight excluding hydrogens is 318 g/mol. The van der Waals surface area contributed by atoms with Crippen LogP contribution in [0.2, 0.25) is 0 Å². The van der Waals surface area contributed by atoms with Crippen LogP contribution in [0.3, 0.4) is 0 Å². The lowest BCUT2D eigenvalue weighted by Gasteiger charge is -2.13. The lowest BCUT2D eigenvalue weighted by atomic mass is 10.2. The van der Waals surface area contributed by atoms with Gasteiger partial charge in [-0.3, -0.25) is 14.9 Å². The molecule has 2 rings (SSSR count). The van der Waals surface area contributed by atoms with Crippen molar-refractivity contribution in [3.63, 3.8) is 0 Å². The minimum Gasteiger partial charge on any atom is -0.493 e. The van der Waals surface area contributed by atoms with Crippen molar-refractivity contribution in [1.82, 2.24) is 0 Å². The van der Waals surface area contributed by atoms with Crippen LogP contribution in [0.15, 0.2) is 36.4 Å². The fourth-order valence-corrected chi connectivity index (χ4v) is 1.97. The molecule has 124 valence electrons. The summed E-state index contributed by atoms with van der Waals surface area (Å²) < 4.78 is 15.5. The van der Waals surface area contributed by atoms with Gasteiger partial charge in [0.05, 0.1) is 24.7 Å². The van der Waals surface area contributed by atoms with Crippen LogP contribution in [0.25, 0.3) is 0 Å². The first-order valence-electron chi connectivity index (χ1n) is 6.68. The van der Waals surface area contributed by atoms with E-state index in [1.54, 1.807) is 0 Å². The molecule has 2 aromatic carbocycles. The lowest BCUT2D eigenvalue weighted by molar-refractivity contribution is -0.384. The van der Waals surface area contributed by atoms with Crippen LogP contribution in [-0.4, -0.2) is 31.4 Å². The zero-order chi connectivity index (χ0) is 17.7. The number of benzene rings is 2. The summed E-state index contributed by atoms with van der Waals surface area (Å²) in [5, 5.41) is 10.8. The quantitative estimate of drug-likeness (QED) is 0.263. The molecule has 0 amide bonds. The highest BCUT2D eigenvalue weighted by Gasteiger charge is 2.20. The molecule has 0 radical (unpaired) electrons. The van der Waals surface area contributed by atoms with Gasteiger partial charge in [-0.1, -0.05) is 6.07 Å². The standard InChI is InChI=1S/C16H13NO7/c1-22-13-6-10(9-18)7-14(23-2)15(13)24-16(19)11-4-3-5-12(8-11)17(20)21/h3-9H,1-2H3. The number of aldehydes is 1. The van der Waals surface area contributed by atoms with E-state index in [1.165, 1.54) is 44.6 Å². The van der Waals surface area contributed by atoms with E-state index in [9.17, 15) is 19.7 Å². The molecule has 0 saturated carbocycles. The highest BCUT2D eigenvalue weighted by molar-refractivity contribution is 5.92. The molecule has 0 bridgehead atoms. The van der Waals surface area contributed by atoms with Crippen molar-refractivity contribution in [2.75, 3.05) is 14.2 Å². The number of nitro benzene ring substituents is 1. The largest absolute Gasteiger partial charge is 0.493 e. The molecule has 8 nitrogen and oxygen atoms in total. The first-order valence-corrected chi connectivity index (χ1v) is 6.68. The Hall–Kier alpha value is -3.42. The van der Waals surface area contributed by atoms with E-state index in [-0.39, 0.29) is 34.1 Å². The van der Waals surface area contributed by atoms with Crippen molar-refractivity contribution in [2.24, 2.45) is 0 Å². The van der Waals surface area contributed by atoms with E-state index in [0.29, 0.717) is 6.29 Å². The first-order chi connectivity index (χ1) is 11.5. The van der Waals surface area contributed by atoms with Gasteiger partial charge in [-0.2, -0.15) is 0 Å². The van der Waals surface area contributed by atoms with Gasteiger partial charge in [-0.25, -0.2) is 4.79 Å². The molecule has 0 aromatic heterocycles. The summed E-state index contributed by atoms with van der Waals surface area (Å²) in [6.45, 7) is 0. The highest BCUT2D eigenvalue weighted by atomic mass is 16.6. The lowest BCUT2D eigenvalue weighted by Crippen LogP contribution is -2.11. The first kappa shape index (κ1) is 16.9. The number of non-ortho nitro benzene ring substituents is 1. The Morgan fingerprint density at radius 2 is 1.75 bits per heavy atom. The smallest absolute Gasteiger partial charge is 0.344 e. The number of methoxy groups -OCH3 is 2. The van der Waals surface area contributed by atoms with Crippen molar-refractivity contribution in [3.05, 3.63) is 57.6 Å². The summed E-state index contributed by atoms with van der Waals surface area (Å²) in [7, 11) is 2.68. The van der Waals surface area contributed by atoms with Crippen LogP contribution >= 0.6 is 0 Å². The van der Waals surface area contributed by atoms with E-state index < -0.39 is 10.9 Å². The minimum absolute atomic E-state index is 0.00669. The molecule has 8 heteroatoms. The van der Waals surface area contributed by atoms with Crippen LogP contribution in [0, 0.1) is 10.1 Å². The van der Waals surface area contributed by atoms with Gasteiger partial charge in [0.1, 0.15) is 6.29 Å². The maximum absolute atomic E-state index is 12.3. The van der Waals surface area contributed by atoms with Crippen molar-refractivity contribution < 1.29 is 28.7 Å². The third-order valence-electron chi connectivity index (χ3n) is 3.11. The molecular formula is C16H13NO7. The second-order valence-corrected chi connectivity index (χ2v) is 4.57. The van der Waals surface area contributed by atoms with E-state index >= 15 is 0 Å². The van der Waals surface area contributed by atoms with Crippen molar-refractivity contribution in [3.8, 4) is 17.2 Å². The topological polar surface area (TPSA) is 105 Å². The summed E-state index contributed by atoms with van der Waals surface area (Å²) in [4.78, 5) is 33.3. The number of carbonyl (C=O) groups excluding carboxylic acids is 2. The second kappa shape index (κ2) is 7.23. The molecule has 0 N–H and O–H groups in total. The number of hydrogen-bond donors (Lipinski definition) is 0. The summed E-state index contributed by atoms with van der Waals surface area (Å²) in [5.74, 6) is -0.610. The number of nitrogens with zero attached hydrogens (tertiary/aromatic N) is 1. The van der Waals surface area contributed by atoms with Crippen LogP contribution in [0.5, 0.6) is 17.2 Å². The van der Waals surface area contributed by atoms with Gasteiger partial charge < -0.3 is 14.2 Å². The monoisotopic (exact) mass is 331 g/mol. The fourth-order valence-electron chi connectivity index (χ4n) is 1.97. The third kappa shape index (κ3) is 3.49. The van der Waals surface area contributed by atoms with Crippen molar-refractivity contribution in [1.29, 1.82) is 0 Å². The van der Waals surface area contributed by atoms with Gasteiger partial charge in [0.25, 0.3) is 5.69 Å². The Balaban J connectivity index is 2.40. The summed E-state index contributed by atoms with van der Waals surface area (Å²) in [6, 6.07) is 7.88. The van der Waals surface area contributed by atoms with Crippen LogP contribution in [0.4, 0.5) is 5.69 Å². The Morgan fingerprint density at radius 3 is 2.25 bits per heavy atom. The number of esters is 1. The summed E-state index contributed by atoms with van der Waals surface area (Å²) in [6.07, 6.45) is 0.594. The van der Waals surface area contributed by atoms with Crippen molar-refractivity contribution >= 4 is 17.9 Å². The minimum atomic E-state index is -0.825. The number of carbonyl (C=O) groups is 2. The van der Waals surface area contributed by atoms with E-state index in [0.717, 1.165) is 6.07 Å². The number of hydrogen-bond acceptors (Lipinski definition) is 7. The Morgan fingerprint density at radius 1 is 1.12 bits per heavy atom. The molecule has 0 fully saturated rings. The average molecular weight is 331 g/mol. The van der Waals surface area contributed by atoms with Gasteiger partial charge in [-0.05, 0) is 18.2 Å². The molecule has 0 saturated heterocycles.